The highest BCUT2D eigenvalue weighted by Gasteiger charge is 2.20. The Morgan fingerprint density at radius 1 is 1.61 bits per heavy atom. The third-order valence-electron chi connectivity index (χ3n) is 3.02. The molecule has 0 aliphatic carbocycles. The minimum Gasteiger partial charge on any atom is -0.394 e. The predicted molar refractivity (Wildman–Crippen MR) is 73.7 cm³/mol. The molecule has 98 valence electrons. The van der Waals surface area contributed by atoms with E-state index in [-0.39, 0.29) is 17.9 Å². The molecule has 5 heteroatoms. The van der Waals surface area contributed by atoms with Gasteiger partial charge in [0.15, 0.2) is 0 Å². The molecule has 0 fully saturated rings. The van der Waals surface area contributed by atoms with Crippen molar-refractivity contribution >= 4 is 23.4 Å². The van der Waals surface area contributed by atoms with E-state index in [0.29, 0.717) is 0 Å². The second kappa shape index (κ2) is 5.73. The van der Waals surface area contributed by atoms with Crippen molar-refractivity contribution in [1.82, 2.24) is 0 Å². The molecule has 1 heterocycles. The summed E-state index contributed by atoms with van der Waals surface area (Å²) in [5.41, 5.74) is 7.90. The normalized spacial score (nSPS) is 16.3. The van der Waals surface area contributed by atoms with Crippen molar-refractivity contribution in [3.63, 3.8) is 0 Å². The summed E-state index contributed by atoms with van der Waals surface area (Å²) in [6.45, 7) is 2.35. The number of anilines is 1. The van der Waals surface area contributed by atoms with Crippen LogP contribution in [0.2, 0.25) is 0 Å². The van der Waals surface area contributed by atoms with E-state index >= 15 is 0 Å². The number of rotatable bonds is 3. The van der Waals surface area contributed by atoms with Crippen LogP contribution in [-0.4, -0.2) is 29.5 Å². The number of hydrogen-bond donors (Lipinski definition) is 2. The maximum atomic E-state index is 11.5. The molecular formula is C13H18N2O2S. The Kier molecular flexibility index (Phi) is 4.27. The molecule has 0 radical (unpaired) electrons. The fourth-order valence-corrected chi connectivity index (χ4v) is 2.97. The number of carbonyl (C=O) groups is 1. The van der Waals surface area contributed by atoms with Crippen LogP contribution >= 0.6 is 11.8 Å². The largest absolute Gasteiger partial charge is 0.394 e. The van der Waals surface area contributed by atoms with Gasteiger partial charge in [0.25, 0.3) is 0 Å². The minimum absolute atomic E-state index is 0.0404. The van der Waals surface area contributed by atoms with E-state index in [0.717, 1.165) is 30.0 Å². The van der Waals surface area contributed by atoms with Gasteiger partial charge in [-0.15, -0.1) is 11.8 Å². The highest BCUT2D eigenvalue weighted by Crippen LogP contribution is 2.32. The van der Waals surface area contributed by atoms with Gasteiger partial charge < -0.3 is 15.7 Å². The molecule has 1 aliphatic rings. The maximum Gasteiger partial charge on any atom is 0.223 e. The predicted octanol–water partition coefficient (Wildman–Crippen LogP) is 1.35. The third kappa shape index (κ3) is 2.85. The smallest absolute Gasteiger partial charge is 0.223 e. The first-order valence-electron chi connectivity index (χ1n) is 6.06. The molecule has 0 saturated carbocycles. The average molecular weight is 266 g/mol. The standard InChI is InChI=1S/C13H18N2O2S/c1-9(17)15-6-2-3-10-7-11(4-5-12(10)15)18-13(14)8-16/h4-5,7,13,16H,2-3,6,8,14H2,1H3. The molecule has 18 heavy (non-hydrogen) atoms. The number of aliphatic hydroxyl groups is 1. The maximum absolute atomic E-state index is 11.5. The van der Waals surface area contributed by atoms with Crippen LogP contribution in [0.15, 0.2) is 23.1 Å². The molecule has 0 bridgehead atoms. The van der Waals surface area contributed by atoms with E-state index in [1.807, 2.05) is 17.0 Å². The summed E-state index contributed by atoms with van der Waals surface area (Å²) in [4.78, 5) is 14.4. The van der Waals surface area contributed by atoms with Crippen molar-refractivity contribution < 1.29 is 9.90 Å². The van der Waals surface area contributed by atoms with Crippen LogP contribution in [0.3, 0.4) is 0 Å². The number of aliphatic hydroxyl groups excluding tert-OH is 1. The van der Waals surface area contributed by atoms with Gasteiger partial charge in [0.1, 0.15) is 0 Å². The fraction of sp³-hybridized carbons (Fsp3) is 0.462. The number of nitrogens with zero attached hydrogens (tertiary/aromatic N) is 1. The summed E-state index contributed by atoms with van der Waals surface area (Å²) >= 11 is 1.45. The topological polar surface area (TPSA) is 66.6 Å². The summed E-state index contributed by atoms with van der Waals surface area (Å²) in [5, 5.41) is 8.65. The lowest BCUT2D eigenvalue weighted by Gasteiger charge is -2.29. The van der Waals surface area contributed by atoms with E-state index in [1.54, 1.807) is 6.92 Å². The van der Waals surface area contributed by atoms with E-state index in [4.69, 9.17) is 10.8 Å². The van der Waals surface area contributed by atoms with E-state index in [9.17, 15) is 4.79 Å². The van der Waals surface area contributed by atoms with Crippen LogP contribution in [-0.2, 0) is 11.2 Å². The number of benzene rings is 1. The molecule has 0 aromatic heterocycles. The third-order valence-corrected chi connectivity index (χ3v) is 4.00. The van der Waals surface area contributed by atoms with Crippen LogP contribution in [0.4, 0.5) is 5.69 Å². The van der Waals surface area contributed by atoms with E-state index in [2.05, 4.69) is 6.07 Å². The highest BCUT2D eigenvalue weighted by molar-refractivity contribution is 7.99. The number of nitrogens with two attached hydrogens (primary N) is 1. The molecule has 1 aromatic rings. The molecule has 1 aromatic carbocycles. The number of thioether (sulfide) groups is 1. The Balaban J connectivity index is 2.24. The van der Waals surface area contributed by atoms with Gasteiger partial charge in [0.2, 0.25) is 5.91 Å². The van der Waals surface area contributed by atoms with Crippen molar-refractivity contribution in [1.29, 1.82) is 0 Å². The van der Waals surface area contributed by atoms with Crippen LogP contribution in [0.5, 0.6) is 0 Å². The second-order valence-corrected chi connectivity index (χ2v) is 5.72. The fourth-order valence-electron chi connectivity index (χ4n) is 2.19. The van der Waals surface area contributed by atoms with Crippen LogP contribution in [0, 0.1) is 0 Å². The summed E-state index contributed by atoms with van der Waals surface area (Å²) in [5.74, 6) is 0.0865. The lowest BCUT2D eigenvalue weighted by Crippen LogP contribution is -2.33. The monoisotopic (exact) mass is 266 g/mol. The van der Waals surface area contributed by atoms with Crippen molar-refractivity contribution in [2.24, 2.45) is 5.73 Å². The Morgan fingerprint density at radius 3 is 3.06 bits per heavy atom. The Bertz CT molecular complexity index is 451. The number of hydrogen-bond acceptors (Lipinski definition) is 4. The molecule has 4 nitrogen and oxygen atoms in total. The average Bonchev–Trinajstić information content (AvgIpc) is 2.37. The van der Waals surface area contributed by atoms with Gasteiger partial charge >= 0.3 is 0 Å². The summed E-state index contributed by atoms with van der Waals surface area (Å²) in [7, 11) is 0. The van der Waals surface area contributed by atoms with Crippen molar-refractivity contribution in [2.45, 2.75) is 30.0 Å². The first kappa shape index (κ1) is 13.4. The molecule has 1 aliphatic heterocycles. The van der Waals surface area contributed by atoms with Crippen LogP contribution in [0.1, 0.15) is 18.9 Å². The summed E-state index contributed by atoms with van der Waals surface area (Å²) < 4.78 is 0. The molecule has 0 spiro atoms. The molecule has 1 unspecified atom stereocenters. The van der Waals surface area contributed by atoms with Gasteiger partial charge in [-0.2, -0.15) is 0 Å². The van der Waals surface area contributed by atoms with Gasteiger partial charge in [0.05, 0.1) is 12.0 Å². The highest BCUT2D eigenvalue weighted by atomic mass is 32.2. The van der Waals surface area contributed by atoms with E-state index in [1.165, 1.54) is 17.3 Å². The molecule has 1 atom stereocenters. The molecule has 1 amide bonds. The Hall–Kier alpha value is -1.04. The zero-order valence-electron chi connectivity index (χ0n) is 10.4. The number of amides is 1. The summed E-state index contributed by atoms with van der Waals surface area (Å²) in [6.07, 6.45) is 1.98. The number of fused-ring (bicyclic) bond motifs is 1. The zero-order valence-corrected chi connectivity index (χ0v) is 11.2. The zero-order chi connectivity index (χ0) is 13.1. The van der Waals surface area contributed by atoms with Gasteiger partial charge in [0, 0.05) is 24.1 Å². The Labute approximate surface area is 111 Å². The molecule has 0 saturated heterocycles. The van der Waals surface area contributed by atoms with Gasteiger partial charge in [-0.25, -0.2) is 0 Å². The summed E-state index contributed by atoms with van der Waals surface area (Å²) in [6, 6.07) is 6.01. The minimum atomic E-state index is -0.296. The van der Waals surface area contributed by atoms with E-state index < -0.39 is 0 Å². The van der Waals surface area contributed by atoms with Gasteiger partial charge in [-0.1, -0.05) is 0 Å². The lowest BCUT2D eigenvalue weighted by atomic mass is 10.0. The van der Waals surface area contributed by atoms with Gasteiger partial charge in [-0.05, 0) is 36.6 Å². The first-order valence-corrected chi connectivity index (χ1v) is 6.94. The second-order valence-electron chi connectivity index (χ2n) is 4.40. The molecule has 2 rings (SSSR count). The van der Waals surface area contributed by atoms with Crippen LogP contribution in [0.25, 0.3) is 0 Å². The molecular weight excluding hydrogens is 248 g/mol. The first-order chi connectivity index (χ1) is 8.61. The quantitative estimate of drug-likeness (QED) is 0.640. The SMILES string of the molecule is CC(=O)N1CCCc2cc(SC(N)CO)ccc21. The van der Waals surface area contributed by atoms with Gasteiger partial charge in [-0.3, -0.25) is 4.79 Å². The van der Waals surface area contributed by atoms with Crippen molar-refractivity contribution in [3.05, 3.63) is 23.8 Å². The number of aryl methyl sites for hydroxylation is 1. The lowest BCUT2D eigenvalue weighted by molar-refractivity contribution is -0.116. The van der Waals surface area contributed by atoms with Crippen molar-refractivity contribution in [3.8, 4) is 0 Å². The Morgan fingerprint density at radius 2 is 2.39 bits per heavy atom. The van der Waals surface area contributed by atoms with Crippen LogP contribution < -0.4 is 10.6 Å². The van der Waals surface area contributed by atoms with Crippen molar-refractivity contribution in [2.75, 3.05) is 18.1 Å². The molecule has 3 N–H and O–H groups in total. The number of carbonyl (C=O) groups excluding carboxylic acids is 1.